The van der Waals surface area contributed by atoms with Gasteiger partial charge in [-0.3, -0.25) is 13.9 Å². The van der Waals surface area contributed by atoms with Crippen LogP contribution in [0.25, 0.3) is 0 Å². The van der Waals surface area contributed by atoms with E-state index in [1.807, 2.05) is 30.3 Å². The van der Waals surface area contributed by atoms with Gasteiger partial charge in [-0.1, -0.05) is 41.9 Å². The quantitative estimate of drug-likeness (QED) is 0.474. The molecule has 0 radical (unpaired) electrons. The SMILES string of the molecule is CNC(=O)C(C)N(CCc1ccccc1)C(=O)CCCN(c1ccc(OC)c(Cl)c1)S(C)(=O)=O. The standard InChI is InChI=1S/C24H32ClN3O5S/c1-18(24(30)26-2)27(16-14-19-9-6-5-7-10-19)23(29)11-8-15-28(34(4,31)32)20-12-13-22(33-3)21(25)17-20/h5-7,9-10,12-13,17-18H,8,11,14-16H2,1-4H3,(H,26,30). The monoisotopic (exact) mass is 509 g/mol. The van der Waals surface area contributed by atoms with E-state index in [1.165, 1.54) is 24.5 Å². The van der Waals surface area contributed by atoms with Gasteiger partial charge in [0.1, 0.15) is 11.8 Å². The van der Waals surface area contributed by atoms with Crippen LogP contribution < -0.4 is 14.4 Å². The molecule has 34 heavy (non-hydrogen) atoms. The molecular weight excluding hydrogens is 478 g/mol. The Hall–Kier alpha value is -2.78. The molecule has 0 aliphatic rings. The second-order valence-corrected chi connectivity index (χ2v) is 10.2. The smallest absolute Gasteiger partial charge is 0.242 e. The molecule has 0 aromatic heterocycles. The number of carbonyl (C=O) groups is 2. The second kappa shape index (κ2) is 12.6. The highest BCUT2D eigenvalue weighted by Crippen LogP contribution is 2.30. The number of ether oxygens (including phenoxy) is 1. The minimum absolute atomic E-state index is 0.0893. The molecule has 186 valence electrons. The van der Waals surface area contributed by atoms with Crippen molar-refractivity contribution in [2.24, 2.45) is 0 Å². The van der Waals surface area contributed by atoms with Gasteiger partial charge < -0.3 is 15.0 Å². The Balaban J connectivity index is 2.10. The van der Waals surface area contributed by atoms with Gasteiger partial charge in [0.15, 0.2) is 0 Å². The molecule has 0 saturated carbocycles. The molecule has 0 heterocycles. The summed E-state index contributed by atoms with van der Waals surface area (Å²) in [7, 11) is -0.601. The summed E-state index contributed by atoms with van der Waals surface area (Å²) in [6.07, 6.45) is 2.07. The second-order valence-electron chi connectivity index (χ2n) is 7.87. The highest BCUT2D eigenvalue weighted by Gasteiger charge is 2.25. The summed E-state index contributed by atoms with van der Waals surface area (Å²) in [4.78, 5) is 26.9. The molecule has 2 aromatic rings. The van der Waals surface area contributed by atoms with Crippen LogP contribution >= 0.6 is 11.6 Å². The van der Waals surface area contributed by atoms with Crippen molar-refractivity contribution in [1.82, 2.24) is 10.2 Å². The van der Waals surface area contributed by atoms with Gasteiger partial charge in [-0.15, -0.1) is 0 Å². The molecule has 2 aromatic carbocycles. The summed E-state index contributed by atoms with van der Waals surface area (Å²) in [5, 5.41) is 2.87. The first kappa shape index (κ1) is 27.5. The highest BCUT2D eigenvalue weighted by molar-refractivity contribution is 7.92. The van der Waals surface area contributed by atoms with Crippen LogP contribution in [0.5, 0.6) is 5.75 Å². The lowest BCUT2D eigenvalue weighted by molar-refractivity contribution is -0.139. The molecule has 0 spiro atoms. The van der Waals surface area contributed by atoms with Crippen molar-refractivity contribution in [1.29, 1.82) is 0 Å². The van der Waals surface area contributed by atoms with E-state index < -0.39 is 16.1 Å². The largest absolute Gasteiger partial charge is 0.495 e. The number of nitrogens with zero attached hydrogens (tertiary/aromatic N) is 2. The molecular formula is C24H32ClN3O5S. The number of benzene rings is 2. The van der Waals surface area contributed by atoms with E-state index in [4.69, 9.17) is 16.3 Å². The fourth-order valence-corrected chi connectivity index (χ4v) is 4.80. The van der Waals surface area contributed by atoms with Crippen LogP contribution in [0.3, 0.4) is 0 Å². The van der Waals surface area contributed by atoms with E-state index in [1.54, 1.807) is 24.0 Å². The van der Waals surface area contributed by atoms with Gasteiger partial charge in [-0.2, -0.15) is 0 Å². The Morgan fingerprint density at radius 1 is 1.12 bits per heavy atom. The minimum Gasteiger partial charge on any atom is -0.495 e. The number of likely N-dealkylation sites (N-methyl/N-ethyl adjacent to an activating group) is 1. The Labute approximate surface area is 206 Å². The van der Waals surface area contributed by atoms with Gasteiger partial charge in [0.25, 0.3) is 0 Å². The minimum atomic E-state index is -3.61. The highest BCUT2D eigenvalue weighted by atomic mass is 35.5. The van der Waals surface area contributed by atoms with Crippen molar-refractivity contribution in [2.75, 3.05) is 37.8 Å². The molecule has 0 bridgehead atoms. The van der Waals surface area contributed by atoms with Crippen LogP contribution in [-0.2, 0) is 26.0 Å². The number of amides is 2. The first-order valence-corrected chi connectivity index (χ1v) is 13.2. The van der Waals surface area contributed by atoms with Crippen LogP contribution in [0.2, 0.25) is 5.02 Å². The van der Waals surface area contributed by atoms with E-state index in [2.05, 4.69) is 5.32 Å². The number of rotatable bonds is 12. The lowest BCUT2D eigenvalue weighted by Crippen LogP contribution is -2.48. The first-order chi connectivity index (χ1) is 16.1. The maximum absolute atomic E-state index is 13.1. The van der Waals surface area contributed by atoms with Crippen LogP contribution in [0.4, 0.5) is 5.69 Å². The molecule has 1 atom stereocenters. The number of hydrogen-bond acceptors (Lipinski definition) is 5. The number of hydrogen-bond donors (Lipinski definition) is 1. The van der Waals surface area contributed by atoms with Crippen molar-refractivity contribution in [3.63, 3.8) is 0 Å². The van der Waals surface area contributed by atoms with Crippen molar-refractivity contribution in [2.45, 2.75) is 32.2 Å². The van der Waals surface area contributed by atoms with Gasteiger partial charge in [0.2, 0.25) is 21.8 Å². The van der Waals surface area contributed by atoms with E-state index >= 15 is 0 Å². The van der Waals surface area contributed by atoms with Crippen LogP contribution in [0, 0.1) is 0 Å². The number of anilines is 1. The first-order valence-electron chi connectivity index (χ1n) is 10.9. The zero-order chi connectivity index (χ0) is 25.3. The van der Waals surface area contributed by atoms with E-state index in [-0.39, 0.29) is 36.2 Å². The zero-order valence-corrected chi connectivity index (χ0v) is 21.5. The molecule has 2 amide bonds. The topological polar surface area (TPSA) is 96.0 Å². The molecule has 0 aliphatic carbocycles. The number of halogens is 1. The van der Waals surface area contributed by atoms with Crippen LogP contribution in [0.1, 0.15) is 25.3 Å². The third-order valence-corrected chi connectivity index (χ3v) is 6.96. The van der Waals surface area contributed by atoms with E-state index in [0.717, 1.165) is 11.8 Å². The summed E-state index contributed by atoms with van der Waals surface area (Å²) in [6, 6.07) is 13.8. The van der Waals surface area contributed by atoms with Crippen molar-refractivity contribution in [3.05, 3.63) is 59.1 Å². The number of methoxy groups -OCH3 is 1. The average molecular weight is 510 g/mol. The summed E-state index contributed by atoms with van der Waals surface area (Å²) in [6.45, 7) is 2.15. The van der Waals surface area contributed by atoms with E-state index in [9.17, 15) is 18.0 Å². The lowest BCUT2D eigenvalue weighted by atomic mass is 10.1. The molecule has 1 N–H and O–H groups in total. The van der Waals surface area contributed by atoms with Gasteiger partial charge in [0, 0.05) is 26.6 Å². The van der Waals surface area contributed by atoms with Crippen molar-refractivity contribution in [3.8, 4) is 5.75 Å². The molecule has 1 unspecified atom stereocenters. The molecule has 0 aliphatic heterocycles. The lowest BCUT2D eigenvalue weighted by Gasteiger charge is -2.29. The normalized spacial score (nSPS) is 12.0. The van der Waals surface area contributed by atoms with Crippen LogP contribution in [-0.4, -0.2) is 64.7 Å². The molecule has 2 rings (SSSR count). The molecule has 10 heteroatoms. The van der Waals surface area contributed by atoms with Crippen molar-refractivity contribution < 1.29 is 22.7 Å². The predicted octanol–water partition coefficient (Wildman–Crippen LogP) is 3.10. The Morgan fingerprint density at radius 3 is 2.35 bits per heavy atom. The third kappa shape index (κ3) is 7.63. The summed E-state index contributed by atoms with van der Waals surface area (Å²) in [5.74, 6) is -0.0356. The summed E-state index contributed by atoms with van der Waals surface area (Å²) < 4.78 is 31.2. The maximum atomic E-state index is 13.1. The maximum Gasteiger partial charge on any atom is 0.242 e. The fraction of sp³-hybridized carbons (Fsp3) is 0.417. The Morgan fingerprint density at radius 2 is 1.79 bits per heavy atom. The van der Waals surface area contributed by atoms with Gasteiger partial charge >= 0.3 is 0 Å². The number of nitrogens with one attached hydrogen (secondary N) is 1. The van der Waals surface area contributed by atoms with Gasteiger partial charge in [-0.25, -0.2) is 8.42 Å². The fourth-order valence-electron chi connectivity index (χ4n) is 3.59. The number of sulfonamides is 1. The molecule has 0 saturated heterocycles. The van der Waals surface area contributed by atoms with Gasteiger partial charge in [0.05, 0.1) is 24.1 Å². The van der Waals surface area contributed by atoms with Gasteiger partial charge in [-0.05, 0) is 43.5 Å². The Kier molecular flexibility index (Phi) is 10.2. The van der Waals surface area contributed by atoms with Crippen molar-refractivity contribution >= 4 is 39.1 Å². The average Bonchev–Trinajstić information content (AvgIpc) is 2.81. The predicted molar refractivity (Wildman–Crippen MR) is 135 cm³/mol. The summed E-state index contributed by atoms with van der Waals surface area (Å²) >= 11 is 6.17. The number of carbonyl (C=O) groups excluding carboxylic acids is 2. The zero-order valence-electron chi connectivity index (χ0n) is 20.0. The third-order valence-electron chi connectivity index (χ3n) is 5.47. The molecule has 0 fully saturated rings. The Bertz CT molecular complexity index is 1080. The van der Waals surface area contributed by atoms with E-state index in [0.29, 0.717) is 24.4 Å². The molecule has 8 nitrogen and oxygen atoms in total. The van der Waals surface area contributed by atoms with Crippen LogP contribution in [0.15, 0.2) is 48.5 Å². The summed E-state index contributed by atoms with van der Waals surface area (Å²) in [5.41, 5.74) is 1.45.